The molecule has 1 unspecified atom stereocenters. The minimum absolute atomic E-state index is 0.00251. The van der Waals surface area contributed by atoms with E-state index in [1.807, 2.05) is 6.07 Å². The number of imide groups is 2. The van der Waals surface area contributed by atoms with E-state index in [0.717, 1.165) is 54.5 Å². The quantitative estimate of drug-likeness (QED) is 0.0511. The van der Waals surface area contributed by atoms with Gasteiger partial charge in [0.05, 0.1) is 60.6 Å². The van der Waals surface area contributed by atoms with E-state index >= 15 is 0 Å². The molecular formula is C49H54N8O11. The monoisotopic (exact) mass is 930 g/mol. The molecule has 4 amide bonds. The van der Waals surface area contributed by atoms with Crippen LogP contribution in [-0.4, -0.2) is 124 Å². The molecule has 3 fully saturated rings. The van der Waals surface area contributed by atoms with Crippen LogP contribution in [0.3, 0.4) is 0 Å². The van der Waals surface area contributed by atoms with Crippen molar-refractivity contribution < 1.29 is 52.5 Å². The molecule has 0 spiro atoms. The van der Waals surface area contributed by atoms with Gasteiger partial charge >= 0.3 is 0 Å². The van der Waals surface area contributed by atoms with Crippen LogP contribution in [0.2, 0.25) is 0 Å². The van der Waals surface area contributed by atoms with E-state index in [0.29, 0.717) is 94.0 Å². The number of hydrogen-bond acceptors (Lipinski definition) is 16. The van der Waals surface area contributed by atoms with E-state index in [-0.39, 0.29) is 71.9 Å². The zero-order valence-electron chi connectivity index (χ0n) is 37.7. The number of carbonyl (C=O) groups excluding carboxylic acids is 7. The average molecular weight is 931 g/mol. The van der Waals surface area contributed by atoms with Crippen molar-refractivity contribution in [3.8, 4) is 17.6 Å². The van der Waals surface area contributed by atoms with Crippen molar-refractivity contribution in [1.82, 2.24) is 30.0 Å². The Morgan fingerprint density at radius 3 is 2.28 bits per heavy atom. The summed E-state index contributed by atoms with van der Waals surface area (Å²) in [5, 5.41) is 20.1. The lowest BCUT2D eigenvalue weighted by Crippen LogP contribution is -2.54. The first-order valence-corrected chi connectivity index (χ1v) is 23.4. The minimum atomic E-state index is -1.10. The smallest absolute Gasteiger partial charge is 0.266 e. The first-order valence-electron chi connectivity index (χ1n) is 23.4. The van der Waals surface area contributed by atoms with Gasteiger partial charge in [-0.25, -0.2) is 9.97 Å². The maximum absolute atomic E-state index is 13.6. The van der Waals surface area contributed by atoms with Crippen molar-refractivity contribution in [3.05, 3.63) is 71.2 Å². The van der Waals surface area contributed by atoms with E-state index in [1.165, 1.54) is 24.4 Å². The van der Waals surface area contributed by atoms with Gasteiger partial charge in [0, 0.05) is 74.7 Å². The number of amides is 4. The fraction of sp³-hybridized carbons (Fsp3) is 0.490. The van der Waals surface area contributed by atoms with Gasteiger partial charge in [-0.3, -0.25) is 43.8 Å². The molecule has 1 saturated heterocycles. The van der Waals surface area contributed by atoms with E-state index in [2.05, 4.69) is 31.8 Å². The lowest BCUT2D eigenvalue weighted by atomic mass is 9.77. The largest absolute Gasteiger partial charge is 0.485 e. The van der Waals surface area contributed by atoms with Crippen LogP contribution in [0.15, 0.2) is 48.9 Å². The number of carbonyl (C=O) groups is 7. The number of benzene rings is 1. The third-order valence-corrected chi connectivity index (χ3v) is 12.7. The fourth-order valence-corrected chi connectivity index (χ4v) is 8.86. The summed E-state index contributed by atoms with van der Waals surface area (Å²) in [5.41, 5.74) is 2.37. The number of ether oxygens (including phenoxy) is 4. The molecule has 4 aromatic rings. The molecule has 19 nitrogen and oxygen atoms in total. The van der Waals surface area contributed by atoms with Gasteiger partial charge in [0.1, 0.15) is 30.3 Å². The highest BCUT2D eigenvalue weighted by atomic mass is 16.5. The van der Waals surface area contributed by atoms with Gasteiger partial charge < -0.3 is 24.3 Å². The summed E-state index contributed by atoms with van der Waals surface area (Å²) in [6, 6.07) is 9.36. The summed E-state index contributed by atoms with van der Waals surface area (Å²) in [6.45, 7) is 1.92. The lowest BCUT2D eigenvalue weighted by Gasteiger charge is -2.27. The third-order valence-electron chi connectivity index (χ3n) is 12.7. The highest BCUT2D eigenvalue weighted by Gasteiger charge is 2.46. The summed E-state index contributed by atoms with van der Waals surface area (Å²) < 4.78 is 24.1. The van der Waals surface area contributed by atoms with E-state index < -0.39 is 29.7 Å². The number of aromatic nitrogens is 4. The Morgan fingerprint density at radius 1 is 0.824 bits per heavy atom. The first-order chi connectivity index (χ1) is 33.1. The van der Waals surface area contributed by atoms with E-state index in [4.69, 9.17) is 18.9 Å². The number of nitriles is 1. The Hall–Kier alpha value is -6.75. The van der Waals surface area contributed by atoms with Crippen molar-refractivity contribution in [3.63, 3.8) is 0 Å². The van der Waals surface area contributed by atoms with E-state index in [1.54, 1.807) is 23.1 Å². The summed E-state index contributed by atoms with van der Waals surface area (Å²) in [7, 11) is 0. The number of ketones is 3. The molecule has 4 aliphatic rings. The number of anilines is 1. The number of pyridine rings is 2. The maximum Gasteiger partial charge on any atom is 0.266 e. The molecule has 2 aliphatic heterocycles. The Morgan fingerprint density at radius 2 is 1.56 bits per heavy atom. The number of hydrogen-bond donors (Lipinski definition) is 2. The molecule has 2 saturated carbocycles. The zero-order valence-corrected chi connectivity index (χ0v) is 37.7. The van der Waals surface area contributed by atoms with Crippen LogP contribution in [0.1, 0.15) is 120 Å². The van der Waals surface area contributed by atoms with Crippen molar-refractivity contribution in [1.29, 1.82) is 5.26 Å². The van der Waals surface area contributed by atoms with Crippen LogP contribution in [0.25, 0.3) is 16.9 Å². The van der Waals surface area contributed by atoms with Crippen LogP contribution in [0, 0.1) is 23.2 Å². The van der Waals surface area contributed by atoms with Gasteiger partial charge in [-0.05, 0) is 81.9 Å². The number of nitrogens with one attached hydrogen (secondary N) is 2. The van der Waals surface area contributed by atoms with Crippen LogP contribution >= 0.6 is 0 Å². The Balaban J connectivity index is 0.645. The molecular weight excluding hydrogens is 877 g/mol. The standard InChI is InChI=1S/C49H54N8O11/c50-25-31-22-33-27-53-57(46(33)52-26-31)43-24-38(54-34-12-13-34)37(28-51-43)41(60)23-30-8-10-32(11-9-30)40(59)6-3-17-66-19-21-67-20-18-65-16-2-4-35(58)29-68-42-7-1-5-36-45(42)49(64)56(48(36)63)39-14-15-44(61)55-47(39)62/h1,5,7,22,24,26-28,30,32,34,39H,2-4,6,8-21,23,29H2,(H,51,54)(H,55,61,62). The zero-order chi connectivity index (χ0) is 47.6. The number of Topliss-reactive ketones (excluding diaryl/α,β-unsaturated/α-hetero) is 3. The molecule has 8 rings (SSSR count). The summed E-state index contributed by atoms with van der Waals surface area (Å²) in [4.78, 5) is 99.2. The van der Waals surface area contributed by atoms with E-state index in [9.17, 15) is 38.8 Å². The number of nitrogens with zero attached hydrogens (tertiary/aromatic N) is 6. The fourth-order valence-electron chi connectivity index (χ4n) is 8.86. The summed E-state index contributed by atoms with van der Waals surface area (Å²) >= 11 is 0. The van der Waals surface area contributed by atoms with Gasteiger partial charge in [0.2, 0.25) is 11.8 Å². The second kappa shape index (κ2) is 22.4. The first kappa shape index (κ1) is 47.7. The molecule has 2 N–H and O–H groups in total. The van der Waals surface area contributed by atoms with Crippen molar-refractivity contribution in [2.75, 3.05) is 51.6 Å². The molecule has 0 bridgehead atoms. The molecule has 5 heterocycles. The van der Waals surface area contributed by atoms with Crippen molar-refractivity contribution in [2.24, 2.45) is 11.8 Å². The van der Waals surface area contributed by atoms with Gasteiger partial charge in [-0.15, -0.1) is 0 Å². The molecule has 1 atom stereocenters. The predicted molar refractivity (Wildman–Crippen MR) is 242 cm³/mol. The topological polar surface area (TPSA) is 251 Å². The average Bonchev–Trinajstić information content (AvgIpc) is 4.00. The van der Waals surface area contributed by atoms with Gasteiger partial charge in [-0.1, -0.05) is 6.07 Å². The van der Waals surface area contributed by atoms with Gasteiger partial charge in [-0.2, -0.15) is 15.0 Å². The van der Waals surface area contributed by atoms with Crippen molar-refractivity contribution >= 4 is 57.7 Å². The van der Waals surface area contributed by atoms with Crippen LogP contribution in [0.4, 0.5) is 5.69 Å². The maximum atomic E-state index is 13.6. The Labute approximate surface area is 392 Å². The van der Waals surface area contributed by atoms with Crippen LogP contribution < -0.4 is 15.4 Å². The molecule has 0 radical (unpaired) electrons. The molecule has 356 valence electrons. The Kier molecular flexibility index (Phi) is 15.7. The number of piperidine rings is 1. The molecule has 19 heteroatoms. The summed E-state index contributed by atoms with van der Waals surface area (Å²) in [5.74, 6) is -1.66. The molecule has 3 aromatic heterocycles. The minimum Gasteiger partial charge on any atom is -0.485 e. The molecule has 68 heavy (non-hydrogen) atoms. The summed E-state index contributed by atoms with van der Waals surface area (Å²) in [6.07, 6.45) is 12.2. The highest BCUT2D eigenvalue weighted by molar-refractivity contribution is 6.24. The third kappa shape index (κ3) is 11.7. The molecule has 1 aromatic carbocycles. The highest BCUT2D eigenvalue weighted by Crippen LogP contribution is 2.36. The Bertz CT molecular complexity index is 2610. The SMILES string of the molecule is N#Cc1cnc2c(cnn2-c2cc(NC3CC3)c(C(=O)CC3CCC(C(=O)CCCOCCOCCOCCCC(=O)COc4cccc5c4C(=O)N(C4CCC(=O)NC4=O)C5=O)CC3)cn2)c1. The lowest BCUT2D eigenvalue weighted by molar-refractivity contribution is -0.136. The molecule has 2 aliphatic carbocycles. The second-order valence-corrected chi connectivity index (χ2v) is 17.6. The van der Waals surface area contributed by atoms with Crippen molar-refractivity contribution in [2.45, 2.75) is 95.6 Å². The number of rotatable bonds is 25. The normalized spacial score (nSPS) is 19.2. The second-order valence-electron chi connectivity index (χ2n) is 17.6. The van der Waals surface area contributed by atoms with Crippen LogP contribution in [-0.2, 0) is 33.4 Å². The van der Waals surface area contributed by atoms with Gasteiger partial charge in [0.25, 0.3) is 11.8 Å². The van der Waals surface area contributed by atoms with Gasteiger partial charge in [0.15, 0.2) is 23.0 Å². The van der Waals surface area contributed by atoms with Crippen LogP contribution in [0.5, 0.6) is 5.75 Å². The predicted octanol–water partition coefficient (Wildman–Crippen LogP) is 4.87. The number of fused-ring (bicyclic) bond motifs is 2.